The van der Waals surface area contributed by atoms with Crippen molar-refractivity contribution >= 4 is 22.7 Å². The molecule has 1 N–H and O–H groups in total. The Bertz CT molecular complexity index is 832. The van der Waals surface area contributed by atoms with E-state index in [0.717, 1.165) is 13.0 Å². The maximum atomic E-state index is 13.0. The molecule has 0 amide bonds. The number of β-amino-alcohol motifs (C(OH)–C–C–N with tert-alkyl or cyclic N) is 1. The smallest absolute Gasteiger partial charge is 0.123 e. The second-order valence-electron chi connectivity index (χ2n) is 6.38. The zero-order valence-electron chi connectivity index (χ0n) is 14.2. The third-order valence-electron chi connectivity index (χ3n) is 4.58. The van der Waals surface area contributed by atoms with Crippen LogP contribution in [-0.2, 0) is 6.42 Å². The van der Waals surface area contributed by atoms with E-state index in [1.54, 1.807) is 23.5 Å². The van der Waals surface area contributed by atoms with Crippen molar-refractivity contribution in [1.82, 2.24) is 4.90 Å². The fourth-order valence-corrected chi connectivity index (χ4v) is 5.17. The number of benzene rings is 1. The fourth-order valence-electron chi connectivity index (χ4n) is 3.39. The molecule has 1 aliphatic rings. The number of hydrogen-bond acceptors (Lipinski definition) is 5. The molecule has 2 atom stereocenters. The summed E-state index contributed by atoms with van der Waals surface area (Å²) in [5.41, 5.74) is 1.36. The van der Waals surface area contributed by atoms with E-state index in [2.05, 4.69) is 33.9 Å². The zero-order valence-corrected chi connectivity index (χ0v) is 15.8. The molecule has 136 valence electrons. The number of rotatable bonds is 6. The van der Waals surface area contributed by atoms with Crippen molar-refractivity contribution in [2.75, 3.05) is 19.7 Å². The number of nitrogens with zero attached hydrogens (tertiary/aromatic N) is 1. The van der Waals surface area contributed by atoms with Crippen molar-refractivity contribution in [3.8, 4) is 5.75 Å². The van der Waals surface area contributed by atoms with Crippen LogP contribution in [0.2, 0.25) is 0 Å². The molecule has 0 fully saturated rings. The van der Waals surface area contributed by atoms with Crippen LogP contribution < -0.4 is 4.74 Å². The molecule has 2 unspecified atom stereocenters. The molecule has 2 aromatic heterocycles. The normalized spacial score (nSPS) is 18.5. The zero-order chi connectivity index (χ0) is 17.9. The predicted octanol–water partition coefficient (Wildman–Crippen LogP) is 4.34. The highest BCUT2D eigenvalue weighted by molar-refractivity contribution is 7.10. The van der Waals surface area contributed by atoms with Crippen LogP contribution in [0.5, 0.6) is 5.75 Å². The van der Waals surface area contributed by atoms with Crippen LogP contribution in [-0.4, -0.2) is 35.8 Å². The number of thiophene rings is 2. The lowest BCUT2D eigenvalue weighted by Gasteiger charge is -2.36. The van der Waals surface area contributed by atoms with Gasteiger partial charge in [0.25, 0.3) is 0 Å². The van der Waals surface area contributed by atoms with Gasteiger partial charge in [0.15, 0.2) is 0 Å². The maximum absolute atomic E-state index is 13.0. The van der Waals surface area contributed by atoms with E-state index < -0.39 is 6.10 Å². The van der Waals surface area contributed by atoms with E-state index >= 15 is 0 Å². The van der Waals surface area contributed by atoms with Crippen molar-refractivity contribution < 1.29 is 14.2 Å². The Morgan fingerprint density at radius 1 is 1.15 bits per heavy atom. The fraction of sp³-hybridized carbons (Fsp3) is 0.300. The first kappa shape index (κ1) is 17.7. The molecule has 0 saturated carbocycles. The lowest BCUT2D eigenvalue weighted by molar-refractivity contribution is 0.0562. The van der Waals surface area contributed by atoms with Crippen LogP contribution in [0.15, 0.2) is 53.2 Å². The minimum Gasteiger partial charge on any atom is -0.491 e. The Balaban J connectivity index is 1.43. The van der Waals surface area contributed by atoms with Crippen molar-refractivity contribution in [2.45, 2.75) is 18.6 Å². The van der Waals surface area contributed by atoms with Gasteiger partial charge in [-0.05, 0) is 59.1 Å². The Hall–Kier alpha value is -1.73. The molecule has 0 aliphatic carbocycles. The van der Waals surface area contributed by atoms with Crippen LogP contribution in [0.25, 0.3) is 0 Å². The summed E-state index contributed by atoms with van der Waals surface area (Å²) in [6.07, 6.45) is 0.406. The Kier molecular flexibility index (Phi) is 5.36. The summed E-state index contributed by atoms with van der Waals surface area (Å²) >= 11 is 3.57. The average molecular weight is 390 g/mol. The van der Waals surface area contributed by atoms with Crippen molar-refractivity contribution in [1.29, 1.82) is 0 Å². The van der Waals surface area contributed by atoms with Gasteiger partial charge in [-0.1, -0.05) is 6.07 Å². The molecule has 1 aliphatic heterocycles. The van der Waals surface area contributed by atoms with E-state index in [-0.39, 0.29) is 18.5 Å². The highest BCUT2D eigenvalue weighted by Gasteiger charge is 2.31. The highest BCUT2D eigenvalue weighted by atomic mass is 32.1. The molecule has 3 nitrogen and oxygen atoms in total. The topological polar surface area (TPSA) is 32.7 Å². The number of hydrogen-bond donors (Lipinski definition) is 1. The molecule has 26 heavy (non-hydrogen) atoms. The molecule has 0 radical (unpaired) electrons. The summed E-state index contributed by atoms with van der Waals surface area (Å²) in [5, 5.41) is 14.8. The van der Waals surface area contributed by atoms with Gasteiger partial charge in [0, 0.05) is 22.8 Å². The molecular weight excluding hydrogens is 369 g/mol. The van der Waals surface area contributed by atoms with Gasteiger partial charge in [-0.25, -0.2) is 4.39 Å². The molecule has 3 aromatic rings. The largest absolute Gasteiger partial charge is 0.491 e. The molecule has 6 heteroatoms. The van der Waals surface area contributed by atoms with Gasteiger partial charge in [0.05, 0.1) is 6.04 Å². The summed E-state index contributed by atoms with van der Waals surface area (Å²) in [6, 6.07) is 12.5. The van der Waals surface area contributed by atoms with E-state index in [4.69, 9.17) is 4.74 Å². The summed E-state index contributed by atoms with van der Waals surface area (Å²) in [6.45, 7) is 1.65. The van der Waals surface area contributed by atoms with Crippen LogP contribution in [0.4, 0.5) is 4.39 Å². The average Bonchev–Trinajstić information content (AvgIpc) is 3.33. The Morgan fingerprint density at radius 3 is 2.77 bits per heavy atom. The van der Waals surface area contributed by atoms with E-state index in [1.807, 2.05) is 11.3 Å². The first-order valence-electron chi connectivity index (χ1n) is 8.61. The van der Waals surface area contributed by atoms with E-state index in [1.165, 1.54) is 27.5 Å². The van der Waals surface area contributed by atoms with Crippen LogP contribution in [0, 0.1) is 5.82 Å². The number of fused-ring (bicyclic) bond motifs is 1. The quantitative estimate of drug-likeness (QED) is 0.681. The summed E-state index contributed by atoms with van der Waals surface area (Å²) in [7, 11) is 0. The maximum Gasteiger partial charge on any atom is 0.123 e. The van der Waals surface area contributed by atoms with Gasteiger partial charge in [-0.2, -0.15) is 0 Å². The van der Waals surface area contributed by atoms with Crippen LogP contribution in [0.1, 0.15) is 21.4 Å². The minimum atomic E-state index is -0.609. The van der Waals surface area contributed by atoms with Gasteiger partial charge in [0.2, 0.25) is 0 Å². The second kappa shape index (κ2) is 7.88. The molecule has 4 rings (SSSR count). The third-order valence-corrected chi connectivity index (χ3v) is 6.50. The first-order valence-corrected chi connectivity index (χ1v) is 10.4. The number of halogens is 1. The van der Waals surface area contributed by atoms with Crippen LogP contribution >= 0.6 is 22.7 Å². The molecule has 3 heterocycles. The van der Waals surface area contributed by atoms with Crippen molar-refractivity contribution in [3.05, 3.63) is 74.4 Å². The lowest BCUT2D eigenvalue weighted by atomic mass is 9.98. The summed E-state index contributed by atoms with van der Waals surface area (Å²) in [4.78, 5) is 5.08. The molecule has 0 saturated heterocycles. The number of aliphatic hydroxyl groups excluding tert-OH is 1. The number of ether oxygens (including phenoxy) is 1. The SMILES string of the molecule is OC(COc1ccc(F)cc1)CN1CCc2sccc2C1c1cccs1. The summed E-state index contributed by atoms with van der Waals surface area (Å²) in [5.74, 6) is 0.274. The predicted molar refractivity (Wildman–Crippen MR) is 104 cm³/mol. The monoisotopic (exact) mass is 389 g/mol. The molecule has 1 aromatic carbocycles. The van der Waals surface area contributed by atoms with Gasteiger partial charge in [-0.15, -0.1) is 22.7 Å². The van der Waals surface area contributed by atoms with Gasteiger partial charge in [0.1, 0.15) is 24.3 Å². The lowest BCUT2D eigenvalue weighted by Crippen LogP contribution is -2.41. The highest BCUT2D eigenvalue weighted by Crippen LogP contribution is 2.39. The van der Waals surface area contributed by atoms with E-state index in [9.17, 15) is 9.50 Å². The van der Waals surface area contributed by atoms with Gasteiger partial charge in [-0.3, -0.25) is 4.90 Å². The molecular formula is C20H20FNO2S2. The number of aliphatic hydroxyl groups is 1. The van der Waals surface area contributed by atoms with Crippen LogP contribution in [0.3, 0.4) is 0 Å². The van der Waals surface area contributed by atoms with Crippen molar-refractivity contribution in [2.24, 2.45) is 0 Å². The molecule has 0 bridgehead atoms. The standard InChI is InChI=1S/C20H20FNO2S2/c21-14-3-5-16(6-4-14)24-13-15(23)12-22-9-7-18-17(8-11-26-18)20(22)19-2-1-10-25-19/h1-6,8,10-11,15,20,23H,7,9,12-13H2. The van der Waals surface area contributed by atoms with Crippen molar-refractivity contribution in [3.63, 3.8) is 0 Å². The van der Waals surface area contributed by atoms with E-state index in [0.29, 0.717) is 12.3 Å². The third kappa shape index (κ3) is 3.83. The second-order valence-corrected chi connectivity index (χ2v) is 8.36. The summed E-state index contributed by atoms with van der Waals surface area (Å²) < 4.78 is 18.6. The van der Waals surface area contributed by atoms with Gasteiger partial charge >= 0.3 is 0 Å². The molecule has 0 spiro atoms. The van der Waals surface area contributed by atoms with Gasteiger partial charge < -0.3 is 9.84 Å². The minimum absolute atomic E-state index is 0.190. The Labute approximate surface area is 160 Å². The first-order chi connectivity index (χ1) is 12.7. The Morgan fingerprint density at radius 2 is 2.00 bits per heavy atom.